The van der Waals surface area contributed by atoms with E-state index in [1.165, 1.54) is 14.2 Å². The Balaban J connectivity index is 2.21. The van der Waals surface area contributed by atoms with Crippen LogP contribution in [0.15, 0.2) is 42.6 Å². The smallest absolute Gasteiger partial charge is 0.328 e. The highest BCUT2D eigenvalue weighted by Gasteiger charge is 2.23. The highest BCUT2D eigenvalue weighted by atomic mass is 16.5. The van der Waals surface area contributed by atoms with Crippen LogP contribution >= 0.6 is 0 Å². The standard InChI is InChI=1S/C17H20N2O4/c1-22-11-9-15(17(21)23-2)19-16(20)13-7-4-3-6-12(13)14-8-5-10-18-14/h3-8,10,15,18H,9,11H2,1-2H3,(H,19,20)/t15-/m0/s1. The highest BCUT2D eigenvalue weighted by Crippen LogP contribution is 2.22. The summed E-state index contributed by atoms with van der Waals surface area (Å²) in [5, 5.41) is 2.71. The third kappa shape index (κ3) is 4.20. The van der Waals surface area contributed by atoms with Gasteiger partial charge < -0.3 is 19.8 Å². The van der Waals surface area contributed by atoms with Crippen LogP contribution in [0.2, 0.25) is 0 Å². The first kappa shape index (κ1) is 16.8. The van der Waals surface area contributed by atoms with Gasteiger partial charge in [-0.05, 0) is 18.2 Å². The van der Waals surface area contributed by atoms with Crippen molar-refractivity contribution in [1.29, 1.82) is 0 Å². The molecule has 0 saturated heterocycles. The maximum atomic E-state index is 12.6. The number of ether oxygens (including phenoxy) is 2. The van der Waals surface area contributed by atoms with Gasteiger partial charge in [-0.2, -0.15) is 0 Å². The van der Waals surface area contributed by atoms with Gasteiger partial charge in [-0.1, -0.05) is 18.2 Å². The number of hydrogen-bond donors (Lipinski definition) is 2. The van der Waals surface area contributed by atoms with E-state index in [2.05, 4.69) is 10.3 Å². The van der Waals surface area contributed by atoms with Crippen molar-refractivity contribution in [3.8, 4) is 11.3 Å². The Labute approximate surface area is 134 Å². The molecular weight excluding hydrogens is 296 g/mol. The van der Waals surface area contributed by atoms with Crippen molar-refractivity contribution in [1.82, 2.24) is 10.3 Å². The lowest BCUT2D eigenvalue weighted by atomic mass is 10.0. The van der Waals surface area contributed by atoms with Crippen LogP contribution in [0.4, 0.5) is 0 Å². The van der Waals surface area contributed by atoms with Crippen LogP contribution in [0, 0.1) is 0 Å². The predicted molar refractivity (Wildman–Crippen MR) is 86.0 cm³/mol. The molecule has 0 unspecified atom stereocenters. The number of H-pyrrole nitrogens is 1. The number of aromatic nitrogens is 1. The normalized spacial score (nSPS) is 11.7. The second kappa shape index (κ2) is 8.14. The average Bonchev–Trinajstić information content (AvgIpc) is 3.12. The number of esters is 1. The molecule has 0 radical (unpaired) electrons. The molecule has 2 rings (SSSR count). The van der Waals surface area contributed by atoms with Gasteiger partial charge in [0, 0.05) is 43.2 Å². The number of aromatic amines is 1. The van der Waals surface area contributed by atoms with Gasteiger partial charge in [-0.25, -0.2) is 4.79 Å². The lowest BCUT2D eigenvalue weighted by Crippen LogP contribution is -2.42. The summed E-state index contributed by atoms with van der Waals surface area (Å²) < 4.78 is 9.71. The number of methoxy groups -OCH3 is 2. The first-order valence-corrected chi connectivity index (χ1v) is 7.27. The van der Waals surface area contributed by atoms with Crippen molar-refractivity contribution in [3.63, 3.8) is 0 Å². The van der Waals surface area contributed by atoms with Crippen LogP contribution in [0.25, 0.3) is 11.3 Å². The lowest BCUT2D eigenvalue weighted by Gasteiger charge is -2.17. The molecule has 0 spiro atoms. The monoisotopic (exact) mass is 316 g/mol. The molecule has 23 heavy (non-hydrogen) atoms. The SMILES string of the molecule is COCC[C@H](NC(=O)c1ccccc1-c1ccc[nH]1)C(=O)OC. The molecule has 0 bridgehead atoms. The van der Waals surface area contributed by atoms with Crippen molar-refractivity contribution in [2.45, 2.75) is 12.5 Å². The number of carbonyl (C=O) groups is 2. The molecule has 1 amide bonds. The van der Waals surface area contributed by atoms with Crippen LogP contribution in [-0.2, 0) is 14.3 Å². The van der Waals surface area contributed by atoms with E-state index in [9.17, 15) is 9.59 Å². The Morgan fingerprint density at radius 3 is 2.61 bits per heavy atom. The van der Waals surface area contributed by atoms with E-state index in [1.807, 2.05) is 24.3 Å². The number of amides is 1. The number of benzene rings is 1. The van der Waals surface area contributed by atoms with Crippen LogP contribution in [-0.4, -0.2) is 43.7 Å². The molecule has 6 heteroatoms. The second-order valence-electron chi connectivity index (χ2n) is 4.96. The second-order valence-corrected chi connectivity index (χ2v) is 4.96. The van der Waals surface area contributed by atoms with Crippen molar-refractivity contribution < 1.29 is 19.1 Å². The van der Waals surface area contributed by atoms with Crippen LogP contribution < -0.4 is 5.32 Å². The molecular formula is C17H20N2O4. The minimum atomic E-state index is -0.746. The van der Waals surface area contributed by atoms with E-state index < -0.39 is 12.0 Å². The largest absolute Gasteiger partial charge is 0.467 e. The minimum absolute atomic E-state index is 0.332. The first-order valence-electron chi connectivity index (χ1n) is 7.27. The third-order valence-electron chi connectivity index (χ3n) is 3.46. The summed E-state index contributed by atoms with van der Waals surface area (Å²) in [4.78, 5) is 27.5. The molecule has 0 aliphatic carbocycles. The predicted octanol–water partition coefficient (Wildman–Crippen LogP) is 1.99. The minimum Gasteiger partial charge on any atom is -0.467 e. The van der Waals surface area contributed by atoms with Crippen LogP contribution in [0.3, 0.4) is 0 Å². The third-order valence-corrected chi connectivity index (χ3v) is 3.46. The Hall–Kier alpha value is -2.60. The van der Waals surface area contributed by atoms with E-state index in [4.69, 9.17) is 9.47 Å². The molecule has 1 atom stereocenters. The zero-order valence-corrected chi connectivity index (χ0v) is 13.2. The van der Waals surface area contributed by atoms with Gasteiger partial charge in [0.1, 0.15) is 6.04 Å². The Morgan fingerprint density at radius 2 is 1.96 bits per heavy atom. The Kier molecular flexibility index (Phi) is 5.94. The number of carbonyl (C=O) groups excluding carboxylic acids is 2. The fourth-order valence-electron chi connectivity index (χ4n) is 2.28. The zero-order chi connectivity index (χ0) is 16.7. The van der Waals surface area contributed by atoms with E-state index in [-0.39, 0.29) is 5.91 Å². The lowest BCUT2D eigenvalue weighted by molar-refractivity contribution is -0.143. The fraction of sp³-hybridized carbons (Fsp3) is 0.294. The van der Waals surface area contributed by atoms with E-state index in [0.29, 0.717) is 18.6 Å². The van der Waals surface area contributed by atoms with Crippen molar-refractivity contribution in [2.24, 2.45) is 0 Å². The summed E-state index contributed by atoms with van der Waals surface area (Å²) >= 11 is 0. The maximum Gasteiger partial charge on any atom is 0.328 e. The Morgan fingerprint density at radius 1 is 1.17 bits per heavy atom. The number of hydrogen-bond acceptors (Lipinski definition) is 4. The zero-order valence-electron chi connectivity index (χ0n) is 13.2. The molecule has 122 valence electrons. The molecule has 0 fully saturated rings. The summed E-state index contributed by atoms with van der Waals surface area (Å²) in [6.45, 7) is 0.346. The molecule has 2 N–H and O–H groups in total. The van der Waals surface area contributed by atoms with Crippen molar-refractivity contribution in [3.05, 3.63) is 48.2 Å². The summed E-state index contributed by atoms with van der Waals surface area (Å²) in [5.74, 6) is -0.825. The van der Waals surface area contributed by atoms with E-state index in [0.717, 1.165) is 11.3 Å². The molecule has 1 aromatic heterocycles. The Bertz CT molecular complexity index is 652. The van der Waals surface area contributed by atoms with Gasteiger partial charge in [-0.15, -0.1) is 0 Å². The van der Waals surface area contributed by atoms with Gasteiger partial charge >= 0.3 is 5.97 Å². The van der Waals surface area contributed by atoms with Gasteiger partial charge in [0.2, 0.25) is 0 Å². The molecule has 6 nitrogen and oxygen atoms in total. The fourth-order valence-corrected chi connectivity index (χ4v) is 2.28. The van der Waals surface area contributed by atoms with Gasteiger partial charge in [0.15, 0.2) is 0 Å². The number of nitrogens with one attached hydrogen (secondary N) is 2. The topological polar surface area (TPSA) is 80.4 Å². The number of rotatable bonds is 7. The van der Waals surface area contributed by atoms with Gasteiger partial charge in [-0.3, -0.25) is 4.79 Å². The molecule has 0 aliphatic heterocycles. The molecule has 0 saturated carbocycles. The van der Waals surface area contributed by atoms with Gasteiger partial charge in [0.25, 0.3) is 5.91 Å². The summed E-state index contributed by atoms with van der Waals surface area (Å²) in [6, 6.07) is 10.2. The van der Waals surface area contributed by atoms with Crippen molar-refractivity contribution in [2.75, 3.05) is 20.8 Å². The van der Waals surface area contributed by atoms with Gasteiger partial charge in [0.05, 0.1) is 7.11 Å². The molecule has 1 heterocycles. The molecule has 0 aliphatic rings. The van der Waals surface area contributed by atoms with Crippen LogP contribution in [0.1, 0.15) is 16.8 Å². The maximum absolute atomic E-state index is 12.6. The summed E-state index contributed by atoms with van der Waals surface area (Å²) in [7, 11) is 2.83. The molecule has 1 aromatic carbocycles. The summed E-state index contributed by atoms with van der Waals surface area (Å²) in [5.41, 5.74) is 2.09. The molecule has 2 aromatic rings. The summed E-state index contributed by atoms with van der Waals surface area (Å²) in [6.07, 6.45) is 2.14. The average molecular weight is 316 g/mol. The van der Waals surface area contributed by atoms with Crippen molar-refractivity contribution >= 4 is 11.9 Å². The first-order chi connectivity index (χ1) is 11.2. The highest BCUT2D eigenvalue weighted by molar-refractivity contribution is 6.02. The van der Waals surface area contributed by atoms with E-state index in [1.54, 1.807) is 18.3 Å². The van der Waals surface area contributed by atoms with E-state index >= 15 is 0 Å². The quantitative estimate of drug-likeness (QED) is 0.766. The van der Waals surface area contributed by atoms with Crippen LogP contribution in [0.5, 0.6) is 0 Å².